The molecule has 9 nitrogen and oxygen atoms in total. The van der Waals surface area contributed by atoms with Crippen molar-refractivity contribution in [2.75, 3.05) is 23.3 Å². The van der Waals surface area contributed by atoms with Crippen molar-refractivity contribution >= 4 is 56.5 Å². The van der Waals surface area contributed by atoms with Crippen molar-refractivity contribution in [2.24, 2.45) is 0 Å². The molecule has 4 amide bonds. The first-order chi connectivity index (χ1) is 20.7. The number of aromatic nitrogens is 1. The standard InChI is InChI=1S/C32H30FN5O4S/c1-18(2)26(33)31(40)37-15-7-8-20(17-37)35-29(39)28-27-25-24(13-14-34-30(25)43-28)38(32(41)36-27)23-12-11-22(16-19(23)3)42-21-9-5-4-6-10-21/h4-6,9-14,16,20H,7-8,15,17H2,1-3H3,(H,35,39)(H,36,41)/t20-/m1/s1. The summed E-state index contributed by atoms with van der Waals surface area (Å²) in [5.74, 6) is -0.445. The maximum absolute atomic E-state index is 14.3. The number of halogens is 1. The number of likely N-dealkylation sites (tertiary alicyclic amines) is 1. The Morgan fingerprint density at radius 2 is 1.88 bits per heavy atom. The number of pyridine rings is 1. The van der Waals surface area contributed by atoms with Crippen molar-refractivity contribution in [2.45, 2.75) is 39.7 Å². The highest BCUT2D eigenvalue weighted by Crippen LogP contribution is 2.46. The van der Waals surface area contributed by atoms with Crippen LogP contribution in [0.4, 0.5) is 26.2 Å². The second-order valence-corrected chi connectivity index (χ2v) is 11.8. The van der Waals surface area contributed by atoms with Gasteiger partial charge in [-0.05, 0) is 81.1 Å². The number of hydrogen-bond donors (Lipinski definition) is 2. The predicted octanol–water partition coefficient (Wildman–Crippen LogP) is 7.06. The van der Waals surface area contributed by atoms with Crippen molar-refractivity contribution < 1.29 is 23.5 Å². The van der Waals surface area contributed by atoms with Gasteiger partial charge in [0.25, 0.3) is 11.8 Å². The predicted molar refractivity (Wildman–Crippen MR) is 165 cm³/mol. The fraction of sp³-hybridized carbons (Fsp3) is 0.250. The smallest absolute Gasteiger partial charge is 0.331 e. The molecule has 6 rings (SSSR count). The largest absolute Gasteiger partial charge is 0.457 e. The van der Waals surface area contributed by atoms with Gasteiger partial charge in [-0.15, -0.1) is 11.3 Å². The molecule has 0 unspecified atom stereocenters. The topological polar surface area (TPSA) is 104 Å². The molecule has 0 aliphatic carbocycles. The molecule has 0 saturated carbocycles. The number of nitrogens with zero attached hydrogens (tertiary/aromatic N) is 3. The number of ether oxygens (including phenoxy) is 1. The van der Waals surface area contributed by atoms with Crippen LogP contribution in [0.2, 0.25) is 0 Å². The fourth-order valence-electron chi connectivity index (χ4n) is 5.43. The second kappa shape index (κ2) is 11.5. The first-order valence-electron chi connectivity index (χ1n) is 14.0. The number of anilines is 3. The van der Waals surface area contributed by atoms with E-state index in [1.165, 1.54) is 16.2 Å². The number of urea groups is 1. The lowest BCUT2D eigenvalue weighted by atomic mass is 10.0. The second-order valence-electron chi connectivity index (χ2n) is 10.8. The average Bonchev–Trinajstić information content (AvgIpc) is 3.37. The molecule has 1 atom stereocenters. The molecule has 0 bridgehead atoms. The minimum absolute atomic E-state index is 0.207. The van der Waals surface area contributed by atoms with E-state index in [1.807, 2.05) is 55.5 Å². The Bertz CT molecular complexity index is 1780. The van der Waals surface area contributed by atoms with Crippen LogP contribution < -0.4 is 20.3 Å². The molecule has 43 heavy (non-hydrogen) atoms. The number of rotatable bonds is 6. The number of para-hydroxylation sites is 1. The molecular weight excluding hydrogens is 569 g/mol. The Balaban J connectivity index is 1.26. The Morgan fingerprint density at radius 1 is 1.09 bits per heavy atom. The zero-order valence-corrected chi connectivity index (χ0v) is 24.8. The lowest BCUT2D eigenvalue weighted by Gasteiger charge is -2.33. The van der Waals surface area contributed by atoms with Crippen LogP contribution in [0.25, 0.3) is 10.2 Å². The number of carbonyl (C=O) groups is 3. The van der Waals surface area contributed by atoms with E-state index in [4.69, 9.17) is 4.74 Å². The van der Waals surface area contributed by atoms with Crippen LogP contribution in [0.15, 0.2) is 72.2 Å². The number of thiophene rings is 1. The number of benzene rings is 2. The Hall–Kier alpha value is -4.77. The summed E-state index contributed by atoms with van der Waals surface area (Å²) < 4.78 is 20.3. The van der Waals surface area contributed by atoms with Crippen molar-refractivity contribution in [1.82, 2.24) is 15.2 Å². The van der Waals surface area contributed by atoms with E-state index in [0.29, 0.717) is 68.6 Å². The zero-order valence-electron chi connectivity index (χ0n) is 23.9. The van der Waals surface area contributed by atoms with Gasteiger partial charge < -0.3 is 20.3 Å². The number of carbonyl (C=O) groups excluding carboxylic acids is 3. The van der Waals surface area contributed by atoms with Gasteiger partial charge in [-0.3, -0.25) is 14.5 Å². The maximum Gasteiger partial charge on any atom is 0.331 e. The number of nitrogens with one attached hydrogen (secondary N) is 2. The highest BCUT2D eigenvalue weighted by atomic mass is 32.1. The number of amides is 4. The maximum atomic E-state index is 14.3. The van der Waals surface area contributed by atoms with Gasteiger partial charge in [-0.2, -0.15) is 0 Å². The third-order valence-corrected chi connectivity index (χ3v) is 8.61. The zero-order chi connectivity index (χ0) is 30.2. The summed E-state index contributed by atoms with van der Waals surface area (Å²) in [6.45, 7) is 5.65. The van der Waals surface area contributed by atoms with Crippen LogP contribution in [0, 0.1) is 6.92 Å². The van der Waals surface area contributed by atoms with Gasteiger partial charge >= 0.3 is 6.03 Å². The quantitative estimate of drug-likeness (QED) is 0.231. The highest BCUT2D eigenvalue weighted by Gasteiger charge is 2.34. The van der Waals surface area contributed by atoms with E-state index in [9.17, 15) is 18.8 Å². The number of hydrogen-bond acceptors (Lipinski definition) is 6. The highest BCUT2D eigenvalue weighted by molar-refractivity contribution is 7.21. The third-order valence-electron chi connectivity index (χ3n) is 7.51. The van der Waals surface area contributed by atoms with Gasteiger partial charge in [0.2, 0.25) is 0 Å². The lowest BCUT2D eigenvalue weighted by Crippen LogP contribution is -2.49. The summed E-state index contributed by atoms with van der Waals surface area (Å²) in [6.07, 6.45) is 2.91. The van der Waals surface area contributed by atoms with Crippen LogP contribution in [-0.4, -0.2) is 46.9 Å². The van der Waals surface area contributed by atoms with Crippen LogP contribution in [0.3, 0.4) is 0 Å². The van der Waals surface area contributed by atoms with Gasteiger partial charge in [-0.25, -0.2) is 14.2 Å². The number of allylic oxidation sites excluding steroid dienone is 1. The molecule has 1 saturated heterocycles. The minimum Gasteiger partial charge on any atom is -0.457 e. The van der Waals surface area contributed by atoms with Gasteiger partial charge in [0.1, 0.15) is 21.2 Å². The van der Waals surface area contributed by atoms with Gasteiger partial charge in [0.15, 0.2) is 5.83 Å². The van der Waals surface area contributed by atoms with Crippen molar-refractivity contribution in [3.05, 3.63) is 82.6 Å². The first-order valence-corrected chi connectivity index (χ1v) is 14.8. The van der Waals surface area contributed by atoms with Crippen LogP contribution in [-0.2, 0) is 4.79 Å². The normalized spacial score (nSPS) is 16.1. The van der Waals surface area contributed by atoms with E-state index in [-0.39, 0.29) is 18.5 Å². The summed E-state index contributed by atoms with van der Waals surface area (Å²) in [5, 5.41) is 6.59. The lowest BCUT2D eigenvalue weighted by molar-refractivity contribution is -0.130. The molecule has 0 radical (unpaired) electrons. The summed E-state index contributed by atoms with van der Waals surface area (Å²) in [6, 6.07) is 16.0. The molecule has 2 aromatic heterocycles. The molecule has 11 heteroatoms. The molecule has 2 N–H and O–H groups in total. The summed E-state index contributed by atoms with van der Waals surface area (Å²) in [4.78, 5) is 48.1. The van der Waals surface area contributed by atoms with Crippen molar-refractivity contribution in [1.29, 1.82) is 0 Å². The Labute approximate surface area is 252 Å². The minimum atomic E-state index is -0.764. The van der Waals surface area contributed by atoms with E-state index in [0.717, 1.165) is 5.56 Å². The van der Waals surface area contributed by atoms with Crippen LogP contribution in [0.5, 0.6) is 11.5 Å². The fourth-order valence-corrected chi connectivity index (χ4v) is 6.46. The number of piperidine rings is 1. The van der Waals surface area contributed by atoms with E-state index < -0.39 is 17.8 Å². The molecule has 0 spiro atoms. The van der Waals surface area contributed by atoms with Crippen LogP contribution >= 0.6 is 11.3 Å². The molecule has 2 aliphatic heterocycles. The summed E-state index contributed by atoms with van der Waals surface area (Å²) in [5.41, 5.74) is 2.84. The molecular formula is C32H30FN5O4S. The van der Waals surface area contributed by atoms with Gasteiger partial charge in [0, 0.05) is 25.3 Å². The molecule has 220 valence electrons. The van der Waals surface area contributed by atoms with Crippen molar-refractivity contribution in [3.63, 3.8) is 0 Å². The molecule has 1 fully saturated rings. The van der Waals surface area contributed by atoms with Crippen LogP contribution in [0.1, 0.15) is 41.9 Å². The third kappa shape index (κ3) is 5.43. The van der Waals surface area contributed by atoms with E-state index >= 15 is 0 Å². The van der Waals surface area contributed by atoms with E-state index in [1.54, 1.807) is 31.0 Å². The van der Waals surface area contributed by atoms with Gasteiger partial charge in [-0.1, -0.05) is 18.2 Å². The summed E-state index contributed by atoms with van der Waals surface area (Å²) >= 11 is 1.19. The van der Waals surface area contributed by atoms with Gasteiger partial charge in [0.05, 0.1) is 22.4 Å². The van der Waals surface area contributed by atoms with E-state index in [2.05, 4.69) is 15.6 Å². The first kappa shape index (κ1) is 28.4. The average molecular weight is 600 g/mol. The SMILES string of the molecule is CC(C)=C(F)C(=O)N1CCC[C@@H](NC(=O)c2sc3nccc4c3c2NC(=O)N4c2ccc(Oc3ccccc3)cc2C)C1. The molecule has 4 heterocycles. The Kier molecular flexibility index (Phi) is 7.57. The Morgan fingerprint density at radius 3 is 2.63 bits per heavy atom. The monoisotopic (exact) mass is 599 g/mol. The number of aryl methyl sites for hydroxylation is 1. The summed E-state index contributed by atoms with van der Waals surface area (Å²) in [7, 11) is 0. The molecule has 2 aromatic carbocycles. The van der Waals surface area contributed by atoms with Crippen molar-refractivity contribution in [3.8, 4) is 11.5 Å². The molecule has 4 aromatic rings. The molecule has 2 aliphatic rings.